The van der Waals surface area contributed by atoms with Gasteiger partial charge in [-0.15, -0.1) is 10.2 Å². The van der Waals surface area contributed by atoms with Crippen molar-refractivity contribution in [1.82, 2.24) is 15.1 Å². The van der Waals surface area contributed by atoms with Crippen LogP contribution in [0.3, 0.4) is 0 Å². The number of rotatable bonds is 6. The van der Waals surface area contributed by atoms with Crippen molar-refractivity contribution in [3.8, 4) is 11.5 Å². The van der Waals surface area contributed by atoms with E-state index >= 15 is 0 Å². The van der Waals surface area contributed by atoms with Gasteiger partial charge in [0.1, 0.15) is 0 Å². The van der Waals surface area contributed by atoms with Gasteiger partial charge in [0.25, 0.3) is 5.91 Å². The Balaban J connectivity index is 2.06. The van der Waals surface area contributed by atoms with Gasteiger partial charge >= 0.3 is 0 Å². The van der Waals surface area contributed by atoms with Gasteiger partial charge in [0, 0.05) is 55.9 Å². The number of hydrogen-bond donors (Lipinski definition) is 0. The Kier molecular flexibility index (Phi) is 6.50. The van der Waals surface area contributed by atoms with Gasteiger partial charge in [-0.1, -0.05) is 26.5 Å². The second kappa shape index (κ2) is 9.07. The molecule has 1 amide bonds. The Labute approximate surface area is 177 Å². The molecule has 1 aromatic heterocycles. The number of nitrogens with zero attached hydrogens (tertiary/aromatic N) is 5. The second-order valence-electron chi connectivity index (χ2n) is 7.66. The Morgan fingerprint density at radius 1 is 1.37 bits per heavy atom. The summed E-state index contributed by atoms with van der Waals surface area (Å²) < 4.78 is 5.56. The van der Waals surface area contributed by atoms with Crippen molar-refractivity contribution in [3.05, 3.63) is 53.7 Å². The second-order valence-corrected chi connectivity index (χ2v) is 7.66. The van der Waals surface area contributed by atoms with Gasteiger partial charge in [-0.25, -0.2) is 0 Å². The average molecular weight is 408 g/mol. The molecule has 0 bridgehead atoms. The van der Waals surface area contributed by atoms with Gasteiger partial charge in [-0.2, -0.15) is 0 Å². The number of aryl methyl sites for hydroxylation is 1. The van der Waals surface area contributed by atoms with Crippen LogP contribution in [0.2, 0.25) is 0 Å². The van der Waals surface area contributed by atoms with Crippen LogP contribution >= 0.6 is 0 Å². The van der Waals surface area contributed by atoms with Crippen LogP contribution in [-0.2, 0) is 4.79 Å². The van der Waals surface area contributed by atoms with Gasteiger partial charge in [0.2, 0.25) is 11.8 Å². The monoisotopic (exact) mass is 407 g/mol. The van der Waals surface area contributed by atoms with E-state index in [1.165, 1.54) is 0 Å². The number of benzene rings is 1. The lowest BCUT2D eigenvalue weighted by Crippen LogP contribution is -2.34. The molecule has 7 heteroatoms. The molecular weight excluding hydrogens is 378 g/mol. The number of carbonyl (C=O) groups is 1. The maximum atomic E-state index is 13.7. The molecule has 158 valence electrons. The first-order chi connectivity index (χ1) is 14.3. The van der Waals surface area contributed by atoms with Crippen molar-refractivity contribution in [2.24, 2.45) is 10.9 Å². The minimum atomic E-state index is -0.0708. The third kappa shape index (κ3) is 4.50. The van der Waals surface area contributed by atoms with E-state index in [-0.39, 0.29) is 11.8 Å². The molecule has 0 radical (unpaired) electrons. The summed E-state index contributed by atoms with van der Waals surface area (Å²) >= 11 is 0. The van der Waals surface area contributed by atoms with Crippen molar-refractivity contribution in [1.29, 1.82) is 0 Å². The third-order valence-corrected chi connectivity index (χ3v) is 5.25. The maximum absolute atomic E-state index is 13.7. The predicted molar refractivity (Wildman–Crippen MR) is 119 cm³/mol. The Hall–Kier alpha value is -3.22. The molecule has 0 fully saturated rings. The number of anilines is 1. The van der Waals surface area contributed by atoms with E-state index in [2.05, 4.69) is 40.5 Å². The highest BCUT2D eigenvalue weighted by molar-refractivity contribution is 6.19. The van der Waals surface area contributed by atoms with Crippen LogP contribution in [0.4, 0.5) is 5.69 Å². The van der Waals surface area contributed by atoms with Crippen LogP contribution in [0.25, 0.3) is 11.5 Å². The van der Waals surface area contributed by atoms with Crippen LogP contribution in [0.1, 0.15) is 33.1 Å². The SMILES string of the molecule is C=C(C)N=CC1=C(C(C)CC)N(C)CCN(c2cccc(-c3nnc(C)o3)c2)C1=O. The first kappa shape index (κ1) is 21.5. The Morgan fingerprint density at radius 3 is 2.77 bits per heavy atom. The van der Waals surface area contributed by atoms with E-state index in [1.54, 1.807) is 18.0 Å². The van der Waals surface area contributed by atoms with Crippen molar-refractivity contribution in [2.45, 2.75) is 34.1 Å². The lowest BCUT2D eigenvalue weighted by molar-refractivity contribution is -0.114. The van der Waals surface area contributed by atoms with Crippen molar-refractivity contribution >= 4 is 17.8 Å². The molecule has 0 spiro atoms. The lowest BCUT2D eigenvalue weighted by atomic mass is 9.98. The molecule has 1 aliphatic heterocycles. The summed E-state index contributed by atoms with van der Waals surface area (Å²) in [4.78, 5) is 22.0. The lowest BCUT2D eigenvalue weighted by Gasteiger charge is -2.26. The smallest absolute Gasteiger partial charge is 0.261 e. The number of amides is 1. The van der Waals surface area contributed by atoms with Gasteiger partial charge in [0.15, 0.2) is 0 Å². The van der Waals surface area contributed by atoms with Crippen LogP contribution in [0.15, 0.2) is 57.2 Å². The minimum absolute atomic E-state index is 0.0708. The quantitative estimate of drug-likeness (QED) is 0.670. The molecule has 0 saturated carbocycles. The number of hydrogen-bond acceptors (Lipinski definition) is 6. The van der Waals surface area contributed by atoms with Crippen molar-refractivity contribution < 1.29 is 9.21 Å². The Bertz CT molecular complexity index is 1000. The van der Waals surface area contributed by atoms with Crippen LogP contribution in [-0.4, -0.2) is 47.4 Å². The van der Waals surface area contributed by atoms with E-state index in [4.69, 9.17) is 4.42 Å². The highest BCUT2D eigenvalue weighted by atomic mass is 16.4. The molecule has 1 atom stereocenters. The fraction of sp³-hybridized carbons (Fsp3) is 0.391. The first-order valence-corrected chi connectivity index (χ1v) is 10.2. The molecule has 0 saturated heterocycles. The number of allylic oxidation sites excluding steroid dienone is 2. The van der Waals surface area contributed by atoms with E-state index < -0.39 is 0 Å². The largest absolute Gasteiger partial charge is 0.421 e. The average Bonchev–Trinajstić information content (AvgIpc) is 3.11. The van der Waals surface area contributed by atoms with Gasteiger partial charge in [0.05, 0.1) is 5.57 Å². The summed E-state index contributed by atoms with van der Waals surface area (Å²) in [6.45, 7) is 13.0. The fourth-order valence-corrected chi connectivity index (χ4v) is 3.53. The summed E-state index contributed by atoms with van der Waals surface area (Å²) in [5.41, 5.74) is 3.84. The van der Waals surface area contributed by atoms with Gasteiger partial charge < -0.3 is 14.2 Å². The van der Waals surface area contributed by atoms with Gasteiger partial charge in [-0.3, -0.25) is 9.79 Å². The molecule has 30 heavy (non-hydrogen) atoms. The van der Waals surface area contributed by atoms with E-state index in [9.17, 15) is 4.79 Å². The molecule has 0 aliphatic carbocycles. The van der Waals surface area contributed by atoms with E-state index in [0.29, 0.717) is 29.6 Å². The van der Waals surface area contributed by atoms with E-state index in [0.717, 1.165) is 29.9 Å². The van der Waals surface area contributed by atoms with Crippen molar-refractivity contribution in [2.75, 3.05) is 25.0 Å². The van der Waals surface area contributed by atoms with Crippen LogP contribution in [0.5, 0.6) is 0 Å². The zero-order valence-corrected chi connectivity index (χ0v) is 18.3. The molecule has 1 aromatic carbocycles. The molecular formula is C23H29N5O2. The number of aliphatic imine (C=N–C) groups is 1. The summed E-state index contributed by atoms with van der Waals surface area (Å²) in [6.07, 6.45) is 2.59. The van der Waals surface area contributed by atoms with Crippen LogP contribution in [0, 0.1) is 12.8 Å². The normalized spacial score (nSPS) is 16.4. The third-order valence-electron chi connectivity index (χ3n) is 5.25. The van der Waals surface area contributed by atoms with E-state index in [1.807, 2.05) is 38.2 Å². The molecule has 2 aromatic rings. The topological polar surface area (TPSA) is 74.8 Å². The standard InChI is InChI=1S/C23H29N5O2/c1-7-16(4)21-20(14-24-15(2)3)23(29)28(12-11-27(21)6)19-10-8-9-18(13-19)22-26-25-17(5)30-22/h8-10,13-14,16H,2,7,11-12H2,1,3-6H3. The number of likely N-dealkylation sites (N-methyl/N-ethyl adjacent to an activating group) is 1. The number of carbonyl (C=O) groups excluding carboxylic acids is 1. The zero-order valence-electron chi connectivity index (χ0n) is 18.3. The first-order valence-electron chi connectivity index (χ1n) is 10.2. The Morgan fingerprint density at radius 2 is 2.13 bits per heavy atom. The molecule has 1 aliphatic rings. The highest BCUT2D eigenvalue weighted by Crippen LogP contribution is 2.29. The highest BCUT2D eigenvalue weighted by Gasteiger charge is 2.30. The fourth-order valence-electron chi connectivity index (χ4n) is 3.53. The summed E-state index contributed by atoms with van der Waals surface area (Å²) in [6, 6.07) is 7.63. The number of aromatic nitrogens is 2. The minimum Gasteiger partial charge on any atom is -0.421 e. The molecule has 1 unspecified atom stereocenters. The summed E-state index contributed by atoms with van der Waals surface area (Å²) in [7, 11) is 2.03. The predicted octanol–water partition coefficient (Wildman–Crippen LogP) is 4.23. The van der Waals surface area contributed by atoms with Gasteiger partial charge in [-0.05, 0) is 37.5 Å². The summed E-state index contributed by atoms with van der Waals surface area (Å²) in [5, 5.41) is 7.99. The molecule has 7 nitrogen and oxygen atoms in total. The maximum Gasteiger partial charge on any atom is 0.261 e. The molecule has 2 heterocycles. The van der Waals surface area contributed by atoms with Crippen molar-refractivity contribution in [3.63, 3.8) is 0 Å². The molecule has 3 rings (SSSR count). The molecule has 0 N–H and O–H groups in total. The summed E-state index contributed by atoms with van der Waals surface area (Å²) in [5.74, 6) is 1.10. The van der Waals surface area contributed by atoms with Crippen LogP contribution < -0.4 is 4.90 Å². The zero-order chi connectivity index (χ0) is 21.8.